The van der Waals surface area contributed by atoms with Crippen LogP contribution in [0.15, 0.2) is 21.9 Å². The summed E-state index contributed by atoms with van der Waals surface area (Å²) in [7, 11) is -0.629. The van der Waals surface area contributed by atoms with Gasteiger partial charge in [0.05, 0.1) is 19.3 Å². The van der Waals surface area contributed by atoms with E-state index in [1.165, 1.54) is 16.8 Å². The van der Waals surface area contributed by atoms with Gasteiger partial charge in [0.25, 0.3) is 5.56 Å². The van der Waals surface area contributed by atoms with Gasteiger partial charge in [0, 0.05) is 30.9 Å². The highest BCUT2D eigenvalue weighted by atomic mass is 32.5. The summed E-state index contributed by atoms with van der Waals surface area (Å²) in [6.07, 6.45) is 0.211. The van der Waals surface area contributed by atoms with E-state index in [1.54, 1.807) is 7.11 Å². The summed E-state index contributed by atoms with van der Waals surface area (Å²) >= 11 is 5.88. The summed E-state index contributed by atoms with van der Waals surface area (Å²) in [6, 6.07) is 1.30. The van der Waals surface area contributed by atoms with Gasteiger partial charge in [-0.1, -0.05) is 20.8 Å². The minimum absolute atomic E-state index is 0.0306. The van der Waals surface area contributed by atoms with E-state index in [4.69, 9.17) is 34.8 Å². The zero-order valence-electron chi connectivity index (χ0n) is 21.4. The van der Waals surface area contributed by atoms with Crippen molar-refractivity contribution in [3.63, 3.8) is 0 Å². The first-order valence-corrected chi connectivity index (χ1v) is 17.5. The lowest BCUT2D eigenvalue weighted by molar-refractivity contribution is -0.0571. The normalized spacial score (nSPS) is 30.0. The molecule has 12 heteroatoms. The second kappa shape index (κ2) is 10.4. The van der Waals surface area contributed by atoms with E-state index < -0.39 is 44.5 Å². The van der Waals surface area contributed by atoms with Crippen molar-refractivity contribution < 1.29 is 22.9 Å². The average Bonchev–Trinajstić information content (AvgIpc) is 3.45. The molecule has 1 saturated heterocycles. The third kappa shape index (κ3) is 5.52. The molecule has 1 aromatic rings. The van der Waals surface area contributed by atoms with Crippen LogP contribution in [-0.2, 0) is 34.8 Å². The van der Waals surface area contributed by atoms with Crippen molar-refractivity contribution in [1.82, 2.24) is 9.55 Å². The van der Waals surface area contributed by atoms with Crippen molar-refractivity contribution in [2.75, 3.05) is 20.3 Å². The molecular formula is C22H39N2O7PSSi. The molecule has 1 N–H and O–H groups in total. The van der Waals surface area contributed by atoms with Crippen LogP contribution in [-0.4, -0.2) is 62.2 Å². The van der Waals surface area contributed by atoms with E-state index in [-0.39, 0.29) is 22.7 Å². The number of rotatable bonds is 10. The Bertz CT molecular complexity index is 1010. The Balaban J connectivity index is 1.99. The lowest BCUT2D eigenvalue weighted by Crippen LogP contribution is -2.50. The Morgan fingerprint density at radius 1 is 1.21 bits per heavy atom. The van der Waals surface area contributed by atoms with Crippen LogP contribution in [0, 0.1) is 5.92 Å². The number of aromatic nitrogens is 2. The largest absolute Gasteiger partial charge is 0.408 e. The van der Waals surface area contributed by atoms with Crippen molar-refractivity contribution in [1.29, 1.82) is 0 Å². The molecule has 1 aliphatic carbocycles. The number of aromatic amines is 1. The van der Waals surface area contributed by atoms with Crippen LogP contribution in [0.2, 0.25) is 18.1 Å². The number of nitrogens with zero attached hydrogens (tertiary/aromatic N) is 1. The fraction of sp³-hybridized carbons (Fsp3) is 0.818. The Morgan fingerprint density at radius 2 is 1.82 bits per heavy atom. The molecule has 3 rings (SSSR count). The molecule has 2 heterocycles. The molecule has 0 bridgehead atoms. The minimum Gasteiger partial charge on any atom is -0.408 e. The Morgan fingerprint density at radius 3 is 2.32 bits per heavy atom. The van der Waals surface area contributed by atoms with E-state index in [9.17, 15) is 9.59 Å². The Kier molecular flexibility index (Phi) is 8.52. The van der Waals surface area contributed by atoms with Gasteiger partial charge in [0.1, 0.15) is 12.2 Å². The van der Waals surface area contributed by atoms with E-state index >= 15 is 0 Å². The van der Waals surface area contributed by atoms with Crippen molar-refractivity contribution in [3.05, 3.63) is 33.1 Å². The first kappa shape index (κ1) is 27.9. The van der Waals surface area contributed by atoms with Gasteiger partial charge in [-0.05, 0) is 50.2 Å². The smallest absolute Gasteiger partial charge is 0.330 e. The molecule has 9 nitrogen and oxygen atoms in total. The number of H-pyrrole nitrogens is 1. The first-order valence-electron chi connectivity index (χ1n) is 11.9. The molecule has 0 spiro atoms. The van der Waals surface area contributed by atoms with Gasteiger partial charge < -0.3 is 22.9 Å². The molecule has 1 saturated carbocycles. The van der Waals surface area contributed by atoms with Gasteiger partial charge in [0.2, 0.25) is 0 Å². The van der Waals surface area contributed by atoms with Crippen LogP contribution in [0.3, 0.4) is 0 Å². The van der Waals surface area contributed by atoms with Crippen molar-refractivity contribution in [3.8, 4) is 0 Å². The molecule has 194 valence electrons. The highest BCUT2D eigenvalue weighted by Gasteiger charge is 2.61. The Hall–Kier alpha value is -0.653. The van der Waals surface area contributed by atoms with Crippen molar-refractivity contribution in [2.24, 2.45) is 5.92 Å². The first-order chi connectivity index (χ1) is 15.8. The van der Waals surface area contributed by atoms with Crippen LogP contribution in [0.1, 0.15) is 47.3 Å². The molecule has 2 fully saturated rings. The maximum Gasteiger partial charge on any atom is 0.330 e. The topological polar surface area (TPSA) is 101 Å². The fourth-order valence-corrected chi connectivity index (χ4v) is 9.25. The predicted molar refractivity (Wildman–Crippen MR) is 138 cm³/mol. The summed E-state index contributed by atoms with van der Waals surface area (Å²) < 4.78 is 32.6. The third-order valence-corrected chi connectivity index (χ3v) is 15.7. The highest BCUT2D eigenvalue weighted by Crippen LogP contribution is 2.67. The van der Waals surface area contributed by atoms with Crippen molar-refractivity contribution >= 4 is 26.6 Å². The van der Waals surface area contributed by atoms with Gasteiger partial charge in [-0.25, -0.2) is 4.79 Å². The lowest BCUT2D eigenvalue weighted by Gasteiger charge is -2.40. The zero-order chi connectivity index (χ0) is 25.5. The van der Waals surface area contributed by atoms with Gasteiger partial charge >= 0.3 is 5.69 Å². The molecular weight excluding hydrogens is 495 g/mol. The van der Waals surface area contributed by atoms with Crippen LogP contribution < -0.4 is 11.2 Å². The molecule has 1 aromatic heterocycles. The van der Waals surface area contributed by atoms with Gasteiger partial charge in [0.15, 0.2) is 21.0 Å². The summed E-state index contributed by atoms with van der Waals surface area (Å²) in [6.45, 7) is 13.3. The lowest BCUT2D eigenvalue weighted by atomic mass is 10.1. The van der Waals surface area contributed by atoms with E-state index in [0.717, 1.165) is 6.42 Å². The zero-order valence-corrected chi connectivity index (χ0v) is 24.1. The summed E-state index contributed by atoms with van der Waals surface area (Å²) in [4.78, 5) is 26.6. The number of methoxy groups -OCH3 is 1. The number of ether oxygens (including phenoxy) is 2. The van der Waals surface area contributed by atoms with Crippen LogP contribution in [0.5, 0.6) is 0 Å². The molecule has 0 radical (unpaired) electrons. The van der Waals surface area contributed by atoms with Gasteiger partial charge in [-0.15, -0.1) is 0 Å². The van der Waals surface area contributed by atoms with Gasteiger partial charge in [-0.3, -0.25) is 14.3 Å². The number of hydrogen-bond acceptors (Lipinski definition) is 8. The molecule has 4 unspecified atom stereocenters. The minimum atomic E-state index is -2.48. The standard InChI is InChI=1S/C22H39N2O7PSSi/c1-9-28-32(33,29-10-2)15-13-14(15)17-18(31-34(7,8)22(3,4)5)19(27-6)20(30-17)24-12-11-16(25)23-21(24)26/h11-12,14-15,17-20H,9-10,13H2,1-8H3,(H,23,25,26)/t14?,15?,17-,18?,19?,20-/m1/s1. The van der Waals surface area contributed by atoms with E-state index in [0.29, 0.717) is 13.2 Å². The quantitative estimate of drug-likeness (QED) is 0.359. The SMILES string of the molecule is CCOP(=S)(OCC)C1CC1[C@H]1O[C@@H](n2ccc(=O)[nH]c2=O)C(OC)C1O[Si](C)(C)C(C)(C)C. The summed E-state index contributed by atoms with van der Waals surface area (Å²) in [5.74, 6) is 0.0693. The summed E-state index contributed by atoms with van der Waals surface area (Å²) in [5, 5.41) is -0.0306. The molecule has 0 amide bonds. The summed E-state index contributed by atoms with van der Waals surface area (Å²) in [5.41, 5.74) is -0.955. The predicted octanol–water partition coefficient (Wildman–Crippen LogP) is 3.61. The molecule has 34 heavy (non-hydrogen) atoms. The molecule has 0 aromatic carbocycles. The van der Waals surface area contributed by atoms with E-state index in [1.807, 2.05) is 13.8 Å². The van der Waals surface area contributed by atoms with Crippen LogP contribution in [0.25, 0.3) is 0 Å². The van der Waals surface area contributed by atoms with Crippen LogP contribution >= 0.6 is 6.49 Å². The van der Waals surface area contributed by atoms with Crippen molar-refractivity contribution in [2.45, 2.75) is 89.4 Å². The van der Waals surface area contributed by atoms with Crippen LogP contribution in [0.4, 0.5) is 0 Å². The monoisotopic (exact) mass is 534 g/mol. The maximum absolute atomic E-state index is 12.6. The fourth-order valence-electron chi connectivity index (χ4n) is 4.27. The molecule has 2 aliphatic rings. The highest BCUT2D eigenvalue weighted by molar-refractivity contribution is 8.10. The molecule has 6 atom stereocenters. The number of hydrogen-bond donors (Lipinski definition) is 1. The maximum atomic E-state index is 12.6. The Labute approximate surface area is 207 Å². The number of nitrogens with one attached hydrogen (secondary N) is 1. The molecule has 1 aliphatic heterocycles. The average molecular weight is 535 g/mol. The second-order valence-corrected chi connectivity index (χ2v) is 18.9. The third-order valence-electron chi connectivity index (χ3n) is 7.11. The van der Waals surface area contributed by atoms with Gasteiger partial charge in [-0.2, -0.15) is 0 Å². The second-order valence-electron chi connectivity index (χ2n) is 10.4. The van der Waals surface area contributed by atoms with E-state index in [2.05, 4.69) is 38.8 Å².